The maximum atomic E-state index is 13.1. The number of carbonyl (C=O) groups is 1. The zero-order valence-electron chi connectivity index (χ0n) is 16.4. The van der Waals surface area contributed by atoms with Crippen molar-refractivity contribution in [2.24, 2.45) is 5.41 Å². The predicted octanol–water partition coefficient (Wildman–Crippen LogP) is 4.99. The van der Waals surface area contributed by atoms with Crippen LogP contribution < -0.4 is 4.52 Å². The van der Waals surface area contributed by atoms with Crippen molar-refractivity contribution in [2.75, 3.05) is 13.2 Å². The number of hydrogen-bond donors (Lipinski definition) is 0. The van der Waals surface area contributed by atoms with Gasteiger partial charge < -0.3 is 0 Å². The second-order valence-electron chi connectivity index (χ2n) is 8.05. The van der Waals surface area contributed by atoms with Gasteiger partial charge in [0, 0.05) is 0 Å². The van der Waals surface area contributed by atoms with Crippen LogP contribution in [0.3, 0.4) is 0 Å². The van der Waals surface area contributed by atoms with Gasteiger partial charge in [-0.25, -0.2) is 0 Å². The van der Waals surface area contributed by atoms with Crippen LogP contribution in [-0.2, 0) is 18.4 Å². The summed E-state index contributed by atoms with van der Waals surface area (Å²) in [7, 11) is -4.26. The molecule has 1 aliphatic carbocycles. The van der Waals surface area contributed by atoms with Crippen LogP contribution in [0.2, 0.25) is 0 Å². The first kappa shape index (κ1) is 19.3. The molecule has 8 nitrogen and oxygen atoms in total. The van der Waals surface area contributed by atoms with Crippen LogP contribution in [0.4, 0.5) is 5.69 Å². The van der Waals surface area contributed by atoms with Gasteiger partial charge in [0.25, 0.3) is 0 Å². The molecule has 0 spiro atoms. The molecule has 1 aromatic carbocycles. The number of carbonyl (C=O) groups excluding carboxylic acids is 1. The molecule has 3 aliphatic rings. The summed E-state index contributed by atoms with van der Waals surface area (Å²) in [5.74, 6) is 0.882. The average molecular weight is 409 g/mol. The Balaban J connectivity index is 1.96. The van der Waals surface area contributed by atoms with Crippen LogP contribution in [0, 0.1) is 15.5 Å². The Morgan fingerprint density at radius 3 is 2.50 bits per heavy atom. The van der Waals surface area contributed by atoms with Crippen molar-refractivity contribution in [3.05, 3.63) is 45.2 Å². The van der Waals surface area contributed by atoms with Gasteiger partial charge in [-0.15, -0.1) is 0 Å². The summed E-state index contributed by atoms with van der Waals surface area (Å²) in [5.41, 5.74) is -0.0515. The zero-order chi connectivity index (χ0) is 20.3. The molecule has 9 heteroatoms. The molecule has 0 amide bonds. The summed E-state index contributed by atoms with van der Waals surface area (Å²) >= 11 is 0. The Hall–Kier alpha value is -2.02. The van der Waals surface area contributed by atoms with Crippen LogP contribution in [-0.4, -0.2) is 23.9 Å². The topological polar surface area (TPSA) is 97.1 Å². The van der Waals surface area contributed by atoms with Crippen LogP contribution in [0.15, 0.2) is 29.5 Å². The van der Waals surface area contributed by atoms with Gasteiger partial charge in [0.1, 0.15) is 0 Å². The normalized spacial score (nSPS) is 26.9. The number of rotatable bonds is 5. The summed E-state index contributed by atoms with van der Waals surface area (Å²) in [5, 5.41) is 11.3. The van der Waals surface area contributed by atoms with Gasteiger partial charge in [-0.2, -0.15) is 0 Å². The van der Waals surface area contributed by atoms with Gasteiger partial charge in [-0.05, 0) is 0 Å². The van der Waals surface area contributed by atoms with Crippen molar-refractivity contribution in [3.63, 3.8) is 0 Å². The summed E-state index contributed by atoms with van der Waals surface area (Å²) in [4.78, 5) is 24.0. The van der Waals surface area contributed by atoms with Crippen LogP contribution in [0.1, 0.15) is 51.8 Å². The maximum absolute atomic E-state index is 13.1. The van der Waals surface area contributed by atoms with Crippen molar-refractivity contribution in [1.82, 2.24) is 0 Å². The number of benzene rings is 1. The van der Waals surface area contributed by atoms with Gasteiger partial charge in [-0.1, -0.05) is 0 Å². The first-order chi connectivity index (χ1) is 13.1. The second-order valence-corrected chi connectivity index (χ2v) is 11.2. The molecule has 0 bridgehead atoms. The molecule has 1 aromatic rings. The second kappa shape index (κ2) is 5.99. The number of Topliss-reactive ketones (excluding diaryl/α,β-unsaturated/α-hetero) is 1. The molecule has 0 saturated heterocycles. The van der Waals surface area contributed by atoms with E-state index in [4.69, 9.17) is 18.1 Å². The van der Waals surface area contributed by atoms with E-state index in [1.54, 1.807) is 13.8 Å². The Bertz CT molecular complexity index is 917. The van der Waals surface area contributed by atoms with Crippen molar-refractivity contribution >= 4 is 19.0 Å². The van der Waals surface area contributed by atoms with Crippen molar-refractivity contribution in [3.8, 4) is 5.75 Å². The van der Waals surface area contributed by atoms with Crippen molar-refractivity contribution in [1.29, 1.82) is 0 Å². The summed E-state index contributed by atoms with van der Waals surface area (Å²) in [6, 6.07) is 4.34. The Kier molecular flexibility index (Phi) is 4.13. The minimum absolute atomic E-state index is 0.0508. The van der Waals surface area contributed by atoms with E-state index >= 15 is 0 Å². The molecule has 2 aliphatic heterocycles. The fourth-order valence-electron chi connectivity index (χ4n) is 4.46. The fourth-order valence-corrected chi connectivity index (χ4v) is 8.67. The number of allylic oxidation sites excluding steroid dienone is 2. The summed E-state index contributed by atoms with van der Waals surface area (Å²) in [6.45, 7) is 8.13. The van der Waals surface area contributed by atoms with Gasteiger partial charge in [0.15, 0.2) is 0 Å². The van der Waals surface area contributed by atoms with E-state index in [1.165, 1.54) is 18.2 Å². The monoisotopic (exact) mass is 409 g/mol. The standard InChI is InChI=1S/C19H24NO7P/c1-5-24-28(25-6-2)18(13-9-12(20(22)23)7-8-15(13)26-28)17-14(21)10-19(3,4)11-16(17)27-28/h7-9,18H,5-6,10-11H2,1-4H3. The van der Waals surface area contributed by atoms with Gasteiger partial charge in [0.2, 0.25) is 0 Å². The van der Waals surface area contributed by atoms with E-state index < -0.39 is 18.1 Å². The molecular weight excluding hydrogens is 385 g/mol. The van der Waals surface area contributed by atoms with E-state index in [2.05, 4.69) is 0 Å². The molecule has 0 N–H and O–H groups in total. The average Bonchev–Trinajstić information content (AvgIpc) is 2.99. The number of nitro benzene ring substituents is 1. The van der Waals surface area contributed by atoms with E-state index in [0.717, 1.165) is 0 Å². The Morgan fingerprint density at radius 2 is 1.89 bits per heavy atom. The molecule has 4 rings (SSSR count). The molecule has 1 atom stereocenters. The van der Waals surface area contributed by atoms with E-state index in [9.17, 15) is 14.9 Å². The number of non-ortho nitro benzene ring substituents is 1. The quantitative estimate of drug-likeness (QED) is 0.384. The van der Waals surface area contributed by atoms with E-state index in [1.807, 2.05) is 13.8 Å². The summed E-state index contributed by atoms with van der Waals surface area (Å²) in [6.07, 6.45) is 0.914. The number of fused-ring (bicyclic) bond motifs is 4. The molecule has 0 aromatic heterocycles. The predicted molar refractivity (Wildman–Crippen MR) is 103 cm³/mol. The van der Waals surface area contributed by atoms with Gasteiger partial charge in [0.05, 0.1) is 0 Å². The molecule has 0 fully saturated rings. The Labute approximate surface area is 163 Å². The number of hydrogen-bond acceptors (Lipinski definition) is 7. The summed E-state index contributed by atoms with van der Waals surface area (Å²) < 4.78 is 24.9. The molecule has 0 saturated carbocycles. The first-order valence-electron chi connectivity index (χ1n) is 9.41. The third kappa shape index (κ3) is 2.51. The molecule has 0 radical (unpaired) electrons. The molecule has 1 unspecified atom stereocenters. The molecule has 152 valence electrons. The number of nitro groups is 1. The first-order valence-corrected chi connectivity index (χ1v) is 11.4. The molecular formula is C19H24NO7P. The van der Waals surface area contributed by atoms with Crippen molar-refractivity contribution in [2.45, 2.75) is 46.2 Å². The minimum atomic E-state index is -4.26. The molecule has 28 heavy (non-hydrogen) atoms. The van der Waals surface area contributed by atoms with Crippen LogP contribution >= 0.6 is 7.51 Å². The Morgan fingerprint density at radius 1 is 1.21 bits per heavy atom. The fraction of sp³-hybridized carbons (Fsp3) is 0.526. The molecule has 2 heterocycles. The SMILES string of the molecule is CCOP12(OCC)OC3=C(C(=O)CC(C)(C)C3)C1c1cc([N+](=O)[O-])ccc1O2. The van der Waals surface area contributed by atoms with E-state index in [0.29, 0.717) is 35.5 Å². The third-order valence-corrected chi connectivity index (χ3v) is 9.24. The van der Waals surface area contributed by atoms with Crippen LogP contribution in [0.5, 0.6) is 5.75 Å². The van der Waals surface area contributed by atoms with Gasteiger partial charge >= 0.3 is 163 Å². The number of ketones is 1. The van der Waals surface area contributed by atoms with E-state index in [-0.39, 0.29) is 30.1 Å². The third-order valence-electron chi connectivity index (χ3n) is 5.33. The zero-order valence-corrected chi connectivity index (χ0v) is 17.3. The van der Waals surface area contributed by atoms with Gasteiger partial charge in [-0.3, -0.25) is 0 Å². The van der Waals surface area contributed by atoms with Crippen LogP contribution in [0.25, 0.3) is 0 Å². The number of nitrogens with zero attached hydrogens (tertiary/aromatic N) is 1. The van der Waals surface area contributed by atoms with Crippen molar-refractivity contribution < 1.29 is 27.8 Å².